The van der Waals surface area contributed by atoms with Gasteiger partial charge in [0.2, 0.25) is 5.76 Å². The first-order valence-corrected chi connectivity index (χ1v) is 5.27. The SMILES string of the molecule is Cc1ncoc1C(=O)Nc1ccc(C(=O)O)c(O)c1. The normalized spacial score (nSPS) is 10.2. The van der Waals surface area contributed by atoms with Gasteiger partial charge in [0.25, 0.3) is 5.91 Å². The summed E-state index contributed by atoms with van der Waals surface area (Å²) in [6, 6.07) is 3.71. The standard InChI is InChI=1S/C12H10N2O5/c1-6-10(19-5-13-6)11(16)14-7-2-3-8(12(17)18)9(15)4-7/h2-5,15H,1H3,(H,14,16)(H,17,18). The van der Waals surface area contributed by atoms with Gasteiger partial charge in [-0.2, -0.15) is 0 Å². The van der Waals surface area contributed by atoms with Crippen molar-refractivity contribution < 1.29 is 24.2 Å². The monoisotopic (exact) mass is 262 g/mol. The molecular formula is C12H10N2O5. The van der Waals surface area contributed by atoms with E-state index in [4.69, 9.17) is 9.52 Å². The molecule has 0 bridgehead atoms. The predicted octanol–water partition coefficient (Wildman–Crippen LogP) is 1.64. The number of carboxylic acids is 1. The van der Waals surface area contributed by atoms with E-state index in [-0.39, 0.29) is 17.0 Å². The molecule has 7 nitrogen and oxygen atoms in total. The molecule has 1 amide bonds. The molecule has 98 valence electrons. The summed E-state index contributed by atoms with van der Waals surface area (Å²) in [7, 11) is 0. The number of amides is 1. The summed E-state index contributed by atoms with van der Waals surface area (Å²) >= 11 is 0. The van der Waals surface area contributed by atoms with Crippen molar-refractivity contribution >= 4 is 17.6 Å². The van der Waals surface area contributed by atoms with E-state index in [0.29, 0.717) is 5.69 Å². The molecule has 0 atom stereocenters. The highest BCUT2D eigenvalue weighted by Gasteiger charge is 2.15. The van der Waals surface area contributed by atoms with Crippen LogP contribution in [-0.2, 0) is 0 Å². The lowest BCUT2D eigenvalue weighted by Crippen LogP contribution is -2.12. The molecular weight excluding hydrogens is 252 g/mol. The van der Waals surface area contributed by atoms with Crippen LogP contribution in [0.25, 0.3) is 0 Å². The number of aromatic nitrogens is 1. The van der Waals surface area contributed by atoms with Crippen LogP contribution in [-0.4, -0.2) is 27.1 Å². The fourth-order valence-electron chi connectivity index (χ4n) is 1.50. The fraction of sp³-hybridized carbons (Fsp3) is 0.0833. The topological polar surface area (TPSA) is 113 Å². The Hall–Kier alpha value is -2.83. The zero-order chi connectivity index (χ0) is 14.0. The molecule has 1 aromatic carbocycles. The zero-order valence-corrected chi connectivity index (χ0v) is 9.88. The van der Waals surface area contributed by atoms with Crippen LogP contribution in [0.1, 0.15) is 26.6 Å². The summed E-state index contributed by atoms with van der Waals surface area (Å²) in [5, 5.41) is 20.7. The van der Waals surface area contributed by atoms with Crippen LogP contribution in [0.5, 0.6) is 5.75 Å². The van der Waals surface area contributed by atoms with E-state index in [9.17, 15) is 14.7 Å². The smallest absolute Gasteiger partial charge is 0.339 e. The summed E-state index contributed by atoms with van der Waals surface area (Å²) in [6.07, 6.45) is 1.15. The van der Waals surface area contributed by atoms with E-state index in [1.807, 2.05) is 0 Å². The number of hydrogen-bond donors (Lipinski definition) is 3. The molecule has 0 unspecified atom stereocenters. The minimum atomic E-state index is -1.25. The highest BCUT2D eigenvalue weighted by Crippen LogP contribution is 2.22. The van der Waals surface area contributed by atoms with Crippen molar-refractivity contribution in [3.63, 3.8) is 0 Å². The molecule has 1 aromatic heterocycles. The van der Waals surface area contributed by atoms with Gasteiger partial charge in [-0.3, -0.25) is 4.79 Å². The third kappa shape index (κ3) is 2.54. The molecule has 0 aliphatic rings. The minimum Gasteiger partial charge on any atom is -0.507 e. The summed E-state index contributed by atoms with van der Waals surface area (Å²) in [5.41, 5.74) is 0.445. The molecule has 2 rings (SSSR count). The van der Waals surface area contributed by atoms with Crippen molar-refractivity contribution in [2.45, 2.75) is 6.92 Å². The molecule has 19 heavy (non-hydrogen) atoms. The molecule has 2 aromatic rings. The Bertz CT molecular complexity index is 647. The first-order chi connectivity index (χ1) is 8.99. The van der Waals surface area contributed by atoms with Gasteiger partial charge in [0.15, 0.2) is 6.39 Å². The number of carbonyl (C=O) groups is 2. The first kappa shape index (κ1) is 12.6. The van der Waals surface area contributed by atoms with E-state index in [0.717, 1.165) is 12.5 Å². The minimum absolute atomic E-state index is 0.0572. The number of benzene rings is 1. The number of aromatic hydroxyl groups is 1. The van der Waals surface area contributed by atoms with Gasteiger partial charge in [-0.1, -0.05) is 0 Å². The number of rotatable bonds is 3. The molecule has 0 aliphatic heterocycles. The second-order valence-electron chi connectivity index (χ2n) is 3.76. The maximum atomic E-state index is 11.8. The largest absolute Gasteiger partial charge is 0.507 e. The number of anilines is 1. The second-order valence-corrected chi connectivity index (χ2v) is 3.76. The molecule has 7 heteroatoms. The summed E-state index contributed by atoms with van der Waals surface area (Å²) in [4.78, 5) is 26.3. The molecule has 3 N–H and O–H groups in total. The quantitative estimate of drug-likeness (QED) is 0.775. The lowest BCUT2D eigenvalue weighted by atomic mass is 10.2. The van der Waals surface area contributed by atoms with Crippen LogP contribution in [0.15, 0.2) is 29.0 Å². The van der Waals surface area contributed by atoms with Crippen LogP contribution in [0, 0.1) is 6.92 Å². The third-order valence-electron chi connectivity index (χ3n) is 2.44. The van der Waals surface area contributed by atoms with Crippen molar-refractivity contribution in [3.8, 4) is 5.75 Å². The van der Waals surface area contributed by atoms with Crippen LogP contribution >= 0.6 is 0 Å². The number of nitrogens with one attached hydrogen (secondary N) is 1. The van der Waals surface area contributed by atoms with Crippen molar-refractivity contribution in [2.75, 3.05) is 5.32 Å². The molecule has 0 saturated heterocycles. The lowest BCUT2D eigenvalue weighted by Gasteiger charge is -2.05. The van der Waals surface area contributed by atoms with Crippen molar-refractivity contribution in [1.29, 1.82) is 0 Å². The Morgan fingerprint density at radius 1 is 1.37 bits per heavy atom. The van der Waals surface area contributed by atoms with Gasteiger partial charge in [-0.15, -0.1) is 0 Å². The summed E-state index contributed by atoms with van der Waals surface area (Å²) < 4.78 is 4.91. The molecule has 0 fully saturated rings. The van der Waals surface area contributed by atoms with Crippen molar-refractivity contribution in [1.82, 2.24) is 4.98 Å². The Kier molecular flexibility index (Phi) is 3.19. The zero-order valence-electron chi connectivity index (χ0n) is 9.88. The maximum absolute atomic E-state index is 11.8. The van der Waals surface area contributed by atoms with E-state index < -0.39 is 17.6 Å². The van der Waals surface area contributed by atoms with E-state index in [1.165, 1.54) is 12.1 Å². The number of aryl methyl sites for hydroxylation is 1. The average Bonchev–Trinajstić information content (AvgIpc) is 2.75. The Morgan fingerprint density at radius 2 is 2.11 bits per heavy atom. The molecule has 0 saturated carbocycles. The van der Waals surface area contributed by atoms with E-state index in [2.05, 4.69) is 10.3 Å². The average molecular weight is 262 g/mol. The van der Waals surface area contributed by atoms with Gasteiger partial charge in [0, 0.05) is 11.8 Å². The second kappa shape index (κ2) is 4.81. The Balaban J connectivity index is 2.21. The van der Waals surface area contributed by atoms with Crippen molar-refractivity contribution in [3.05, 3.63) is 41.6 Å². The van der Waals surface area contributed by atoms with Crippen molar-refractivity contribution in [2.24, 2.45) is 0 Å². The summed E-state index contributed by atoms with van der Waals surface area (Å²) in [6.45, 7) is 1.61. The highest BCUT2D eigenvalue weighted by molar-refractivity contribution is 6.03. The number of aromatic carboxylic acids is 1. The first-order valence-electron chi connectivity index (χ1n) is 5.27. The maximum Gasteiger partial charge on any atom is 0.339 e. The van der Waals surface area contributed by atoms with Gasteiger partial charge in [-0.25, -0.2) is 9.78 Å². The van der Waals surface area contributed by atoms with Gasteiger partial charge in [0.05, 0.1) is 5.69 Å². The van der Waals surface area contributed by atoms with Gasteiger partial charge in [-0.05, 0) is 19.1 Å². The number of phenols is 1. The fourth-order valence-corrected chi connectivity index (χ4v) is 1.50. The van der Waals surface area contributed by atoms with Crippen LogP contribution < -0.4 is 5.32 Å². The third-order valence-corrected chi connectivity index (χ3v) is 2.44. The summed E-state index contributed by atoms with van der Waals surface area (Å²) in [5.74, 6) is -2.15. The number of hydrogen-bond acceptors (Lipinski definition) is 5. The van der Waals surface area contributed by atoms with Gasteiger partial charge in [0.1, 0.15) is 11.3 Å². The number of nitrogens with zero attached hydrogens (tertiary/aromatic N) is 1. The predicted molar refractivity (Wildman–Crippen MR) is 64.3 cm³/mol. The van der Waals surface area contributed by atoms with Crippen LogP contribution in [0.3, 0.4) is 0 Å². The Labute approximate surface area is 107 Å². The van der Waals surface area contributed by atoms with Gasteiger partial charge < -0.3 is 19.9 Å². The molecule has 0 aliphatic carbocycles. The van der Waals surface area contributed by atoms with Crippen LogP contribution in [0.4, 0.5) is 5.69 Å². The highest BCUT2D eigenvalue weighted by atomic mass is 16.4. The molecule has 0 radical (unpaired) electrons. The molecule has 0 spiro atoms. The van der Waals surface area contributed by atoms with E-state index >= 15 is 0 Å². The lowest BCUT2D eigenvalue weighted by molar-refractivity contribution is 0.0693. The van der Waals surface area contributed by atoms with Gasteiger partial charge >= 0.3 is 5.97 Å². The molecule has 1 heterocycles. The number of carbonyl (C=O) groups excluding carboxylic acids is 1. The number of oxazole rings is 1. The van der Waals surface area contributed by atoms with E-state index in [1.54, 1.807) is 6.92 Å². The Morgan fingerprint density at radius 3 is 2.63 bits per heavy atom. The number of carboxylic acid groups (broad SMARTS) is 1. The van der Waals surface area contributed by atoms with Crippen LogP contribution in [0.2, 0.25) is 0 Å².